The smallest absolute Gasteiger partial charge is 0.135 e. The lowest BCUT2D eigenvalue weighted by molar-refractivity contribution is -0.914. The maximum Gasteiger partial charge on any atom is 0.135 e. The fourth-order valence-electron chi connectivity index (χ4n) is 5.17. The second kappa shape index (κ2) is 8.95. The lowest BCUT2D eigenvalue weighted by atomic mass is 10.0. The van der Waals surface area contributed by atoms with Gasteiger partial charge in [-0.1, -0.05) is 42.5 Å². The van der Waals surface area contributed by atoms with Gasteiger partial charge >= 0.3 is 0 Å². The molecule has 2 heterocycles. The third-order valence-electron chi connectivity index (χ3n) is 7.16. The number of rotatable bonds is 5. The first-order chi connectivity index (χ1) is 16.0. The molecular formula is C29H33N2O2+. The van der Waals surface area contributed by atoms with Crippen LogP contribution in [-0.4, -0.2) is 33.3 Å². The molecule has 0 spiro atoms. The molecule has 4 nitrogen and oxygen atoms in total. The zero-order chi connectivity index (χ0) is 22.9. The second-order valence-corrected chi connectivity index (χ2v) is 9.19. The Kier molecular flexibility index (Phi) is 5.86. The van der Waals surface area contributed by atoms with E-state index in [2.05, 4.69) is 73.3 Å². The summed E-state index contributed by atoms with van der Waals surface area (Å²) in [7, 11) is 1.77. The van der Waals surface area contributed by atoms with Crippen LogP contribution in [0.3, 0.4) is 0 Å². The molecule has 0 unspecified atom stereocenters. The first-order valence-electron chi connectivity index (χ1n) is 11.9. The third-order valence-corrected chi connectivity index (χ3v) is 7.16. The Bertz CT molecular complexity index is 1270. The fraction of sp³-hybridized carbons (Fsp3) is 0.310. The van der Waals surface area contributed by atoms with Gasteiger partial charge in [0, 0.05) is 16.6 Å². The van der Waals surface area contributed by atoms with Gasteiger partial charge in [0.1, 0.15) is 23.6 Å². The molecule has 1 aliphatic rings. The van der Waals surface area contributed by atoms with Crippen LogP contribution in [0.5, 0.6) is 5.75 Å². The topological polar surface area (TPSA) is 30.1 Å². The average Bonchev–Trinajstić information content (AvgIpc) is 3.16. The van der Waals surface area contributed by atoms with Gasteiger partial charge in [-0.3, -0.25) is 0 Å². The number of methoxy groups -OCH3 is 1. The van der Waals surface area contributed by atoms with Crippen LogP contribution in [0.25, 0.3) is 22.1 Å². The monoisotopic (exact) mass is 441 g/mol. The highest BCUT2D eigenvalue weighted by Crippen LogP contribution is 2.37. The Labute approximate surface area is 196 Å². The molecule has 0 bridgehead atoms. The summed E-state index contributed by atoms with van der Waals surface area (Å²) in [5.41, 5.74) is 8.64. The van der Waals surface area contributed by atoms with Crippen molar-refractivity contribution in [2.24, 2.45) is 0 Å². The van der Waals surface area contributed by atoms with Crippen molar-refractivity contribution in [1.82, 2.24) is 0 Å². The number of hydrogen-bond acceptors (Lipinski definition) is 3. The van der Waals surface area contributed by atoms with E-state index in [0.717, 1.165) is 60.8 Å². The minimum Gasteiger partial charge on any atom is -0.496 e. The number of hydrogen-bond donors (Lipinski definition) is 1. The molecular weight excluding hydrogens is 408 g/mol. The molecule has 1 fully saturated rings. The van der Waals surface area contributed by atoms with E-state index in [1.807, 2.05) is 13.0 Å². The van der Waals surface area contributed by atoms with Gasteiger partial charge in [-0.15, -0.1) is 0 Å². The van der Waals surface area contributed by atoms with Crippen LogP contribution in [0.2, 0.25) is 0 Å². The molecule has 0 amide bonds. The number of aryl methyl sites for hydroxylation is 2. The number of ether oxygens (including phenoxy) is 1. The summed E-state index contributed by atoms with van der Waals surface area (Å²) in [4.78, 5) is 4.12. The third kappa shape index (κ3) is 4.11. The van der Waals surface area contributed by atoms with Crippen LogP contribution in [0.4, 0.5) is 5.69 Å². The predicted molar refractivity (Wildman–Crippen MR) is 135 cm³/mol. The summed E-state index contributed by atoms with van der Waals surface area (Å²) < 4.78 is 12.1. The van der Waals surface area contributed by atoms with Crippen LogP contribution in [0.15, 0.2) is 65.1 Å². The van der Waals surface area contributed by atoms with E-state index in [1.165, 1.54) is 27.9 Å². The van der Waals surface area contributed by atoms with E-state index in [0.29, 0.717) is 0 Å². The Morgan fingerprint density at radius 3 is 2.42 bits per heavy atom. The van der Waals surface area contributed by atoms with Crippen molar-refractivity contribution in [3.05, 3.63) is 83.1 Å². The molecule has 1 aromatic heterocycles. The molecule has 0 saturated carbocycles. The van der Waals surface area contributed by atoms with Crippen molar-refractivity contribution in [3.8, 4) is 16.9 Å². The summed E-state index contributed by atoms with van der Waals surface area (Å²) in [6, 6.07) is 21.4. The molecule has 1 N–H and O–H groups in total. The van der Waals surface area contributed by atoms with Crippen molar-refractivity contribution in [2.75, 3.05) is 38.2 Å². The van der Waals surface area contributed by atoms with Crippen LogP contribution in [0.1, 0.15) is 22.5 Å². The summed E-state index contributed by atoms with van der Waals surface area (Å²) >= 11 is 0. The second-order valence-electron chi connectivity index (χ2n) is 9.19. The molecule has 170 valence electrons. The number of nitrogens with one attached hydrogen (secondary N) is 1. The molecule has 1 aliphatic heterocycles. The van der Waals surface area contributed by atoms with E-state index < -0.39 is 0 Å². The number of quaternary nitrogens is 1. The van der Waals surface area contributed by atoms with Gasteiger partial charge in [0.25, 0.3) is 0 Å². The SMILES string of the molecule is COc1cc2c(-c3ccccc3)c(C)oc2cc1C[NH+]1CCN(c2cccc(C)c2C)CC1. The van der Waals surface area contributed by atoms with E-state index in [1.54, 1.807) is 12.0 Å². The van der Waals surface area contributed by atoms with Gasteiger partial charge in [0.05, 0.1) is 38.9 Å². The van der Waals surface area contributed by atoms with E-state index in [4.69, 9.17) is 9.15 Å². The van der Waals surface area contributed by atoms with Crippen molar-refractivity contribution >= 4 is 16.7 Å². The number of piperazine rings is 1. The normalized spacial score (nSPS) is 14.7. The quantitative estimate of drug-likeness (QED) is 0.476. The number of nitrogens with zero attached hydrogens (tertiary/aromatic N) is 1. The molecule has 3 aromatic carbocycles. The van der Waals surface area contributed by atoms with Crippen molar-refractivity contribution in [2.45, 2.75) is 27.3 Å². The van der Waals surface area contributed by atoms with Crippen LogP contribution < -0.4 is 14.5 Å². The summed E-state index contributed by atoms with van der Waals surface area (Å²) in [5.74, 6) is 1.90. The zero-order valence-electron chi connectivity index (χ0n) is 20.1. The van der Waals surface area contributed by atoms with Crippen molar-refractivity contribution in [3.63, 3.8) is 0 Å². The fourth-order valence-corrected chi connectivity index (χ4v) is 5.17. The average molecular weight is 442 g/mol. The molecule has 0 aliphatic carbocycles. The Hall–Kier alpha value is -3.24. The van der Waals surface area contributed by atoms with Gasteiger partial charge < -0.3 is 19.0 Å². The van der Waals surface area contributed by atoms with Crippen LogP contribution in [-0.2, 0) is 6.54 Å². The van der Waals surface area contributed by atoms with Gasteiger partial charge in [0.15, 0.2) is 0 Å². The Morgan fingerprint density at radius 1 is 0.939 bits per heavy atom. The van der Waals surface area contributed by atoms with Crippen molar-refractivity contribution < 1.29 is 14.1 Å². The lowest BCUT2D eigenvalue weighted by Gasteiger charge is -2.35. The van der Waals surface area contributed by atoms with Gasteiger partial charge in [-0.05, 0) is 55.7 Å². The number of furan rings is 1. The van der Waals surface area contributed by atoms with Gasteiger partial charge in [-0.2, -0.15) is 0 Å². The molecule has 4 heteroatoms. The van der Waals surface area contributed by atoms with Crippen LogP contribution >= 0.6 is 0 Å². The summed E-state index contributed by atoms with van der Waals surface area (Å²) in [5, 5.41) is 1.12. The highest BCUT2D eigenvalue weighted by atomic mass is 16.5. The predicted octanol–water partition coefficient (Wildman–Crippen LogP) is 4.94. The highest BCUT2D eigenvalue weighted by molar-refractivity contribution is 5.97. The molecule has 1 saturated heterocycles. The minimum atomic E-state index is 0.940. The zero-order valence-corrected chi connectivity index (χ0v) is 20.1. The van der Waals surface area contributed by atoms with E-state index in [9.17, 15) is 0 Å². The number of benzene rings is 3. The first-order valence-corrected chi connectivity index (χ1v) is 11.9. The molecule has 33 heavy (non-hydrogen) atoms. The molecule has 5 rings (SSSR count). The standard InChI is InChI=1S/C29H32N2O2/c1-20-9-8-12-26(21(20)2)31-15-13-30(14-16-31)19-24-17-28-25(18-27(24)32-4)29(22(3)33-28)23-10-6-5-7-11-23/h5-12,17-18H,13-16,19H2,1-4H3/p+1. The first kappa shape index (κ1) is 21.6. The summed E-state index contributed by atoms with van der Waals surface area (Å²) in [6.07, 6.45) is 0. The van der Waals surface area contributed by atoms with Gasteiger partial charge in [0.2, 0.25) is 0 Å². The highest BCUT2D eigenvalue weighted by Gasteiger charge is 2.24. The molecule has 0 radical (unpaired) electrons. The lowest BCUT2D eigenvalue weighted by Crippen LogP contribution is -3.13. The number of fused-ring (bicyclic) bond motifs is 1. The largest absolute Gasteiger partial charge is 0.496 e. The van der Waals surface area contributed by atoms with Crippen LogP contribution in [0, 0.1) is 20.8 Å². The van der Waals surface area contributed by atoms with E-state index in [-0.39, 0.29) is 0 Å². The number of anilines is 1. The molecule has 0 atom stereocenters. The maximum absolute atomic E-state index is 6.21. The van der Waals surface area contributed by atoms with Crippen molar-refractivity contribution in [1.29, 1.82) is 0 Å². The Balaban J connectivity index is 1.37. The summed E-state index contributed by atoms with van der Waals surface area (Å²) in [6.45, 7) is 11.8. The minimum absolute atomic E-state index is 0.940. The maximum atomic E-state index is 6.21. The van der Waals surface area contributed by atoms with E-state index >= 15 is 0 Å². The van der Waals surface area contributed by atoms with Gasteiger partial charge in [-0.25, -0.2) is 0 Å². The Morgan fingerprint density at radius 2 is 1.70 bits per heavy atom. The molecule has 4 aromatic rings.